The average Bonchev–Trinajstić information content (AvgIpc) is 3.22. The number of hydrogen-bond acceptors (Lipinski definition) is 5. The molecule has 1 fully saturated rings. The quantitative estimate of drug-likeness (QED) is 0.516. The Morgan fingerprint density at radius 3 is 2.46 bits per heavy atom. The van der Waals surface area contributed by atoms with E-state index in [0.29, 0.717) is 25.9 Å². The lowest BCUT2D eigenvalue weighted by Crippen LogP contribution is -2.31. The number of nitrogens with one attached hydrogen (secondary N) is 1. The number of rotatable bonds is 8. The number of alkyl halides is 4. The van der Waals surface area contributed by atoms with Gasteiger partial charge in [-0.15, -0.1) is 0 Å². The van der Waals surface area contributed by atoms with Crippen LogP contribution in [0.4, 0.5) is 27.8 Å². The molecule has 2 heterocycles. The molecule has 0 radical (unpaired) electrons. The molecule has 0 spiro atoms. The highest BCUT2D eigenvalue weighted by Crippen LogP contribution is 2.28. The summed E-state index contributed by atoms with van der Waals surface area (Å²) in [7, 11) is 0. The summed E-state index contributed by atoms with van der Waals surface area (Å²) < 4.78 is 68.0. The minimum absolute atomic E-state index is 0.119. The third-order valence-electron chi connectivity index (χ3n) is 5.33. The van der Waals surface area contributed by atoms with E-state index in [4.69, 9.17) is 4.74 Å². The van der Waals surface area contributed by atoms with Crippen LogP contribution < -0.4 is 15.0 Å². The summed E-state index contributed by atoms with van der Waals surface area (Å²) in [4.78, 5) is 20.7. The molecular weight excluding hydrogens is 471 g/mol. The molecule has 1 N–H and O–H groups in total. The standard InChI is InChI=1S/C12H16F3N3O.C12H15F2NO/c1-8-3-4-18(5-8)10-9(13)11(17-7-16-10)19-6-12(2,14)15;1-8-3-5-10(6-4-8)9(2)12(16)15-7-11(13)14/h7-8H,3-6H2,1-2H3;3-6,9,11H,7H2,1-2H3,(H,15,16). The molecule has 6 nitrogen and oxygen atoms in total. The first kappa shape index (κ1) is 28.3. The summed E-state index contributed by atoms with van der Waals surface area (Å²) in [6, 6.07) is 7.46. The number of aryl methyl sites for hydroxylation is 1. The van der Waals surface area contributed by atoms with E-state index in [1.807, 2.05) is 31.2 Å². The highest BCUT2D eigenvalue weighted by molar-refractivity contribution is 5.83. The van der Waals surface area contributed by atoms with E-state index in [0.717, 1.165) is 23.9 Å². The number of benzene rings is 1. The van der Waals surface area contributed by atoms with Crippen molar-refractivity contribution in [2.24, 2.45) is 5.92 Å². The summed E-state index contributed by atoms with van der Waals surface area (Å²) >= 11 is 0. The Kier molecular flexibility index (Phi) is 10.2. The maximum absolute atomic E-state index is 14.1. The van der Waals surface area contributed by atoms with Gasteiger partial charge in [0.2, 0.25) is 11.7 Å². The number of aromatic nitrogens is 2. The Bertz CT molecular complexity index is 954. The van der Waals surface area contributed by atoms with Gasteiger partial charge >= 0.3 is 0 Å². The van der Waals surface area contributed by atoms with E-state index in [9.17, 15) is 26.7 Å². The summed E-state index contributed by atoms with van der Waals surface area (Å²) in [6.45, 7) is 6.31. The van der Waals surface area contributed by atoms with Gasteiger partial charge in [0.15, 0.2) is 12.4 Å². The molecule has 1 aromatic heterocycles. The molecule has 1 aliphatic rings. The van der Waals surface area contributed by atoms with Crippen molar-refractivity contribution in [3.8, 4) is 5.88 Å². The van der Waals surface area contributed by atoms with Gasteiger partial charge in [0.05, 0.1) is 12.5 Å². The third kappa shape index (κ3) is 9.29. The molecule has 0 saturated carbocycles. The van der Waals surface area contributed by atoms with Crippen LogP contribution in [0.3, 0.4) is 0 Å². The van der Waals surface area contributed by atoms with E-state index in [-0.39, 0.29) is 11.7 Å². The molecule has 0 bridgehead atoms. The van der Waals surface area contributed by atoms with Gasteiger partial charge in [-0.25, -0.2) is 22.5 Å². The number of carbonyl (C=O) groups is 1. The molecule has 1 aliphatic heterocycles. The number of halogens is 5. The van der Waals surface area contributed by atoms with Crippen molar-refractivity contribution in [3.05, 3.63) is 47.5 Å². The van der Waals surface area contributed by atoms with Crippen LogP contribution in [0.2, 0.25) is 0 Å². The van der Waals surface area contributed by atoms with Crippen LogP contribution in [0, 0.1) is 18.7 Å². The van der Waals surface area contributed by atoms with Crippen LogP contribution in [0.15, 0.2) is 30.6 Å². The number of anilines is 1. The lowest BCUT2D eigenvalue weighted by Gasteiger charge is -2.18. The molecule has 2 aromatic rings. The van der Waals surface area contributed by atoms with Crippen molar-refractivity contribution in [3.63, 3.8) is 0 Å². The highest BCUT2D eigenvalue weighted by Gasteiger charge is 2.27. The predicted octanol–water partition coefficient (Wildman–Crippen LogP) is 4.98. The second-order valence-corrected chi connectivity index (χ2v) is 8.78. The Morgan fingerprint density at radius 2 is 1.91 bits per heavy atom. The summed E-state index contributed by atoms with van der Waals surface area (Å²) in [5.74, 6) is -4.43. The molecule has 1 aromatic carbocycles. The Labute approximate surface area is 201 Å². The number of carbonyl (C=O) groups excluding carboxylic acids is 1. The first-order chi connectivity index (χ1) is 16.4. The molecule has 0 aliphatic carbocycles. The molecule has 1 saturated heterocycles. The van der Waals surface area contributed by atoms with Gasteiger partial charge in [0.25, 0.3) is 18.2 Å². The van der Waals surface area contributed by atoms with Gasteiger partial charge in [0, 0.05) is 20.0 Å². The number of amides is 1. The SMILES string of the molecule is CC1CCN(c2ncnc(OCC(C)(F)F)c2F)C1.Cc1ccc(C(C)C(=O)NCC(F)F)cc1. The van der Waals surface area contributed by atoms with Crippen molar-refractivity contribution in [2.75, 3.05) is 31.1 Å². The third-order valence-corrected chi connectivity index (χ3v) is 5.33. The lowest BCUT2D eigenvalue weighted by atomic mass is 9.99. The van der Waals surface area contributed by atoms with Gasteiger partial charge in [-0.3, -0.25) is 4.79 Å². The molecular formula is C24H31F5N4O2. The van der Waals surface area contributed by atoms with E-state index in [2.05, 4.69) is 22.2 Å². The molecule has 35 heavy (non-hydrogen) atoms. The van der Waals surface area contributed by atoms with Gasteiger partial charge in [-0.1, -0.05) is 36.8 Å². The maximum Gasteiger partial charge on any atom is 0.278 e. The van der Waals surface area contributed by atoms with Crippen molar-refractivity contribution < 1.29 is 31.5 Å². The van der Waals surface area contributed by atoms with Crippen LogP contribution >= 0.6 is 0 Å². The van der Waals surface area contributed by atoms with E-state index >= 15 is 0 Å². The molecule has 194 valence electrons. The first-order valence-corrected chi connectivity index (χ1v) is 11.3. The van der Waals surface area contributed by atoms with Crippen LogP contribution in [0.1, 0.15) is 44.2 Å². The zero-order valence-corrected chi connectivity index (χ0v) is 20.2. The zero-order chi connectivity index (χ0) is 26.2. The van der Waals surface area contributed by atoms with Crippen LogP contribution in [0.25, 0.3) is 0 Å². The number of ether oxygens (including phenoxy) is 1. The summed E-state index contributed by atoms with van der Waals surface area (Å²) in [6.07, 6.45) is -0.425. The van der Waals surface area contributed by atoms with E-state index < -0.39 is 43.1 Å². The van der Waals surface area contributed by atoms with Crippen molar-refractivity contribution in [2.45, 2.75) is 52.4 Å². The van der Waals surface area contributed by atoms with Crippen molar-refractivity contribution in [1.29, 1.82) is 0 Å². The number of nitrogens with zero attached hydrogens (tertiary/aromatic N) is 3. The fraction of sp³-hybridized carbons (Fsp3) is 0.542. The van der Waals surface area contributed by atoms with Gasteiger partial charge in [0.1, 0.15) is 6.33 Å². The van der Waals surface area contributed by atoms with E-state index in [1.54, 1.807) is 11.8 Å². The Balaban J connectivity index is 0.000000251. The van der Waals surface area contributed by atoms with Crippen molar-refractivity contribution in [1.82, 2.24) is 15.3 Å². The van der Waals surface area contributed by atoms with Gasteiger partial charge in [-0.05, 0) is 31.7 Å². The predicted molar refractivity (Wildman–Crippen MR) is 123 cm³/mol. The van der Waals surface area contributed by atoms with Gasteiger partial charge < -0.3 is 15.0 Å². The smallest absolute Gasteiger partial charge is 0.278 e. The van der Waals surface area contributed by atoms with Crippen LogP contribution in [-0.4, -0.2) is 54.5 Å². The highest BCUT2D eigenvalue weighted by atomic mass is 19.3. The molecule has 2 atom stereocenters. The van der Waals surface area contributed by atoms with E-state index in [1.165, 1.54) is 0 Å². The van der Waals surface area contributed by atoms with Crippen molar-refractivity contribution >= 4 is 11.7 Å². The molecule has 1 amide bonds. The summed E-state index contributed by atoms with van der Waals surface area (Å²) in [5, 5.41) is 2.21. The second kappa shape index (κ2) is 12.6. The Hall–Kier alpha value is -2.98. The van der Waals surface area contributed by atoms with Crippen LogP contribution in [0.5, 0.6) is 5.88 Å². The maximum atomic E-state index is 14.1. The van der Waals surface area contributed by atoms with Crippen LogP contribution in [-0.2, 0) is 4.79 Å². The van der Waals surface area contributed by atoms with Gasteiger partial charge in [-0.2, -0.15) is 9.37 Å². The average molecular weight is 503 g/mol. The normalized spacial score (nSPS) is 16.5. The minimum Gasteiger partial charge on any atom is -0.469 e. The fourth-order valence-corrected chi connectivity index (χ4v) is 3.33. The molecule has 2 unspecified atom stereocenters. The lowest BCUT2D eigenvalue weighted by molar-refractivity contribution is -0.122. The second-order valence-electron chi connectivity index (χ2n) is 8.78. The molecule has 11 heteroatoms. The Morgan fingerprint density at radius 1 is 1.26 bits per heavy atom. The molecule has 3 rings (SSSR count). The fourth-order valence-electron chi connectivity index (χ4n) is 3.33. The minimum atomic E-state index is -3.03. The zero-order valence-electron chi connectivity index (χ0n) is 20.2. The summed E-state index contributed by atoms with van der Waals surface area (Å²) in [5.41, 5.74) is 1.93. The number of hydrogen-bond donors (Lipinski definition) is 1. The topological polar surface area (TPSA) is 67.3 Å². The largest absolute Gasteiger partial charge is 0.469 e. The first-order valence-electron chi connectivity index (χ1n) is 11.3. The monoisotopic (exact) mass is 502 g/mol.